The summed E-state index contributed by atoms with van der Waals surface area (Å²) >= 11 is 0. The highest BCUT2D eigenvalue weighted by molar-refractivity contribution is 5.94. The molecule has 1 aromatic carbocycles. The van der Waals surface area contributed by atoms with Gasteiger partial charge in [-0.05, 0) is 56.4 Å². The number of nitrogens with zero attached hydrogens (tertiary/aromatic N) is 3. The van der Waals surface area contributed by atoms with Crippen molar-refractivity contribution in [3.8, 4) is 6.07 Å². The molecule has 37 heavy (non-hydrogen) atoms. The van der Waals surface area contributed by atoms with Gasteiger partial charge in [-0.1, -0.05) is 12.1 Å². The molecule has 8 nitrogen and oxygen atoms in total. The summed E-state index contributed by atoms with van der Waals surface area (Å²) in [5.74, 6) is -0.688. The molecule has 1 aromatic heterocycles. The summed E-state index contributed by atoms with van der Waals surface area (Å²) < 4.78 is 38.6. The summed E-state index contributed by atoms with van der Waals surface area (Å²) in [4.78, 5) is 18.7. The van der Waals surface area contributed by atoms with E-state index in [0.29, 0.717) is 31.1 Å². The topological polar surface area (TPSA) is 122 Å². The third kappa shape index (κ3) is 6.64. The second-order valence-electron chi connectivity index (χ2n) is 9.76. The van der Waals surface area contributed by atoms with Crippen LogP contribution in [0.5, 0.6) is 0 Å². The number of hydrogen-bond donors (Lipinski definition) is 4. The molecule has 2 aromatic rings. The second-order valence-corrected chi connectivity index (χ2v) is 9.76. The van der Waals surface area contributed by atoms with Crippen LogP contribution >= 0.6 is 0 Å². The van der Waals surface area contributed by atoms with Crippen molar-refractivity contribution < 1.29 is 28.2 Å². The van der Waals surface area contributed by atoms with Gasteiger partial charge in [0.2, 0.25) is 0 Å². The SMILES string of the molecule is N#Cc1ccc(C2(O)CCC(N3CC[C@@H](NC(O)CNC(=O)c4cccc(C(F)(F)F)c4)C3)CC2)cn1. The van der Waals surface area contributed by atoms with Crippen molar-refractivity contribution in [3.63, 3.8) is 0 Å². The Balaban J connectivity index is 1.21. The van der Waals surface area contributed by atoms with Gasteiger partial charge in [0.05, 0.1) is 17.7 Å². The lowest BCUT2D eigenvalue weighted by molar-refractivity contribution is -0.137. The first-order chi connectivity index (χ1) is 17.6. The van der Waals surface area contributed by atoms with E-state index in [1.165, 1.54) is 12.1 Å². The standard InChI is InChI=1S/C26H30F3N5O3/c27-26(28,29)18-3-1-2-17(12-18)24(36)32-15-23(35)33-21-8-11-34(16-21)22-6-9-25(37,10-7-22)19-4-5-20(13-30)31-14-19/h1-5,12,14,21-23,33,35,37H,6-11,15-16H2,(H,32,36)/t21-,22?,23?,25?/m1/s1. The van der Waals surface area contributed by atoms with Gasteiger partial charge >= 0.3 is 6.18 Å². The van der Waals surface area contributed by atoms with E-state index >= 15 is 0 Å². The molecule has 0 radical (unpaired) electrons. The van der Waals surface area contributed by atoms with Gasteiger partial charge in [-0.25, -0.2) is 4.98 Å². The van der Waals surface area contributed by atoms with Gasteiger partial charge in [-0.15, -0.1) is 0 Å². The number of nitriles is 1. The van der Waals surface area contributed by atoms with Crippen molar-refractivity contribution in [1.29, 1.82) is 5.26 Å². The average Bonchev–Trinajstić information content (AvgIpc) is 3.35. The van der Waals surface area contributed by atoms with Gasteiger partial charge in [-0.3, -0.25) is 15.0 Å². The Kier molecular flexibility index (Phi) is 8.14. The first kappa shape index (κ1) is 27.0. The third-order valence-electron chi connectivity index (χ3n) is 7.27. The Morgan fingerprint density at radius 3 is 2.65 bits per heavy atom. The fourth-order valence-electron chi connectivity index (χ4n) is 5.18. The van der Waals surface area contributed by atoms with Gasteiger partial charge in [0, 0.05) is 42.5 Å². The first-order valence-electron chi connectivity index (χ1n) is 12.3. The Hall–Kier alpha value is -3.04. The van der Waals surface area contributed by atoms with Gasteiger partial charge in [0.1, 0.15) is 18.0 Å². The lowest BCUT2D eigenvalue weighted by atomic mass is 9.78. The maximum absolute atomic E-state index is 12.9. The summed E-state index contributed by atoms with van der Waals surface area (Å²) in [6.07, 6.45) is -0.421. The van der Waals surface area contributed by atoms with E-state index in [-0.39, 0.29) is 18.2 Å². The third-order valence-corrected chi connectivity index (χ3v) is 7.27. The number of pyridine rings is 1. The van der Waals surface area contributed by atoms with Crippen LogP contribution in [0.1, 0.15) is 59.3 Å². The number of aliphatic hydroxyl groups excluding tert-OH is 1. The zero-order chi connectivity index (χ0) is 26.6. The van der Waals surface area contributed by atoms with E-state index in [4.69, 9.17) is 5.26 Å². The molecule has 1 aliphatic carbocycles. The van der Waals surface area contributed by atoms with Crippen LogP contribution in [0, 0.1) is 11.3 Å². The van der Waals surface area contributed by atoms with Crippen molar-refractivity contribution in [2.24, 2.45) is 0 Å². The maximum atomic E-state index is 12.9. The van der Waals surface area contributed by atoms with E-state index in [0.717, 1.165) is 43.5 Å². The predicted octanol–water partition coefficient (Wildman–Crippen LogP) is 2.51. The minimum Gasteiger partial charge on any atom is -0.385 e. The number of hydrogen-bond acceptors (Lipinski definition) is 7. The van der Waals surface area contributed by atoms with E-state index in [2.05, 4.69) is 20.5 Å². The predicted molar refractivity (Wildman–Crippen MR) is 128 cm³/mol. The molecule has 1 unspecified atom stereocenters. The molecule has 2 aliphatic rings. The fourth-order valence-corrected chi connectivity index (χ4v) is 5.18. The zero-order valence-electron chi connectivity index (χ0n) is 20.2. The van der Waals surface area contributed by atoms with Gasteiger partial charge in [-0.2, -0.15) is 18.4 Å². The first-order valence-corrected chi connectivity index (χ1v) is 12.3. The molecule has 2 atom stereocenters. The fraction of sp³-hybridized carbons (Fsp3) is 0.500. The second kappa shape index (κ2) is 11.1. The molecule has 1 amide bonds. The molecular weight excluding hydrogens is 487 g/mol. The van der Waals surface area contributed by atoms with E-state index in [9.17, 15) is 28.2 Å². The number of benzene rings is 1. The Morgan fingerprint density at radius 2 is 2.00 bits per heavy atom. The number of aliphatic hydroxyl groups is 2. The average molecular weight is 518 g/mol. The number of likely N-dealkylation sites (tertiary alicyclic amines) is 1. The molecule has 1 aliphatic heterocycles. The molecule has 2 fully saturated rings. The summed E-state index contributed by atoms with van der Waals surface area (Å²) in [5, 5.41) is 35.9. The molecule has 4 N–H and O–H groups in total. The maximum Gasteiger partial charge on any atom is 0.416 e. The number of rotatable bonds is 7. The Bertz CT molecular complexity index is 1130. The quantitative estimate of drug-likeness (QED) is 0.417. The number of nitrogens with one attached hydrogen (secondary N) is 2. The van der Waals surface area contributed by atoms with Crippen LogP contribution in [0.2, 0.25) is 0 Å². The smallest absolute Gasteiger partial charge is 0.385 e. The lowest BCUT2D eigenvalue weighted by Crippen LogP contribution is -2.47. The van der Waals surface area contributed by atoms with Crippen LogP contribution in [0.15, 0.2) is 42.6 Å². The number of halogens is 3. The minimum atomic E-state index is -4.54. The highest BCUT2D eigenvalue weighted by atomic mass is 19.4. The molecule has 0 bridgehead atoms. The van der Waals surface area contributed by atoms with Crippen molar-refractivity contribution in [2.45, 2.75) is 62.2 Å². The number of aromatic nitrogens is 1. The number of amides is 1. The minimum absolute atomic E-state index is 0.00370. The zero-order valence-corrected chi connectivity index (χ0v) is 20.2. The van der Waals surface area contributed by atoms with E-state index in [1.807, 2.05) is 6.07 Å². The van der Waals surface area contributed by atoms with Crippen LogP contribution in [0.25, 0.3) is 0 Å². The highest BCUT2D eigenvalue weighted by Gasteiger charge is 2.39. The molecular formula is C26H30F3N5O3. The molecule has 0 spiro atoms. The molecule has 4 rings (SSSR count). The van der Waals surface area contributed by atoms with Crippen LogP contribution < -0.4 is 10.6 Å². The number of alkyl halides is 3. The van der Waals surface area contributed by atoms with Crippen LogP contribution in [0.4, 0.5) is 13.2 Å². The van der Waals surface area contributed by atoms with Crippen LogP contribution in [-0.2, 0) is 11.8 Å². The summed E-state index contributed by atoms with van der Waals surface area (Å²) in [6.45, 7) is 1.41. The number of carbonyl (C=O) groups excluding carboxylic acids is 1. The van der Waals surface area contributed by atoms with Crippen LogP contribution in [-0.4, -0.2) is 63.9 Å². The van der Waals surface area contributed by atoms with Gasteiger partial charge < -0.3 is 15.5 Å². The summed E-state index contributed by atoms with van der Waals surface area (Å²) in [7, 11) is 0. The van der Waals surface area contributed by atoms with Crippen molar-refractivity contribution >= 4 is 5.91 Å². The summed E-state index contributed by atoms with van der Waals surface area (Å²) in [6, 6.07) is 9.81. The monoisotopic (exact) mass is 517 g/mol. The van der Waals surface area contributed by atoms with Crippen LogP contribution in [0.3, 0.4) is 0 Å². The van der Waals surface area contributed by atoms with Crippen molar-refractivity contribution in [3.05, 3.63) is 65.0 Å². The molecule has 11 heteroatoms. The highest BCUT2D eigenvalue weighted by Crippen LogP contribution is 2.39. The lowest BCUT2D eigenvalue weighted by Gasteiger charge is -2.39. The molecule has 1 saturated heterocycles. The normalized spacial score (nSPS) is 25.4. The summed E-state index contributed by atoms with van der Waals surface area (Å²) in [5.41, 5.74) is -0.943. The van der Waals surface area contributed by atoms with Gasteiger partial charge in [0.25, 0.3) is 5.91 Å². The Labute approximate surface area is 213 Å². The number of carbonyl (C=O) groups is 1. The molecule has 1 saturated carbocycles. The van der Waals surface area contributed by atoms with Gasteiger partial charge in [0.15, 0.2) is 0 Å². The largest absolute Gasteiger partial charge is 0.416 e. The Morgan fingerprint density at radius 1 is 1.24 bits per heavy atom. The van der Waals surface area contributed by atoms with Crippen molar-refractivity contribution in [2.75, 3.05) is 19.6 Å². The van der Waals surface area contributed by atoms with E-state index < -0.39 is 29.5 Å². The molecule has 198 valence electrons. The van der Waals surface area contributed by atoms with E-state index in [1.54, 1.807) is 18.3 Å². The molecule has 2 heterocycles. The van der Waals surface area contributed by atoms with Crippen molar-refractivity contribution in [1.82, 2.24) is 20.5 Å².